The van der Waals surface area contributed by atoms with Crippen LogP contribution in [-0.2, 0) is 0 Å². The zero-order chi connectivity index (χ0) is 23.3. The monoisotopic (exact) mass is 458 g/mol. The summed E-state index contributed by atoms with van der Waals surface area (Å²) in [4.78, 5) is 0. The smallest absolute Gasteiger partial charge is 0.199 e. The molecular formula is C15H12F14. The van der Waals surface area contributed by atoms with Crippen LogP contribution in [0, 0.1) is 5.92 Å². The molecule has 1 aliphatic carbocycles. The van der Waals surface area contributed by atoms with Gasteiger partial charge in [0, 0.05) is 5.57 Å². The van der Waals surface area contributed by atoms with Crippen LogP contribution in [0.3, 0.4) is 0 Å². The second kappa shape index (κ2) is 7.33. The van der Waals surface area contributed by atoms with Crippen molar-refractivity contribution >= 4 is 0 Å². The van der Waals surface area contributed by atoms with E-state index in [1.54, 1.807) is 0 Å². The van der Waals surface area contributed by atoms with E-state index in [0.29, 0.717) is 13.0 Å². The van der Waals surface area contributed by atoms with Crippen LogP contribution < -0.4 is 0 Å². The quantitative estimate of drug-likeness (QED) is 0.306. The summed E-state index contributed by atoms with van der Waals surface area (Å²) in [5.74, 6) is -31.0. The molecule has 0 aromatic heterocycles. The van der Waals surface area contributed by atoms with Gasteiger partial charge in [-0.25, -0.2) is 0 Å². The highest BCUT2D eigenvalue weighted by Crippen LogP contribution is 2.59. The van der Waals surface area contributed by atoms with Gasteiger partial charge < -0.3 is 0 Å². The molecule has 0 saturated carbocycles. The van der Waals surface area contributed by atoms with Crippen LogP contribution in [0.4, 0.5) is 61.5 Å². The topological polar surface area (TPSA) is 0 Å². The van der Waals surface area contributed by atoms with Crippen molar-refractivity contribution in [1.29, 1.82) is 0 Å². The van der Waals surface area contributed by atoms with Crippen molar-refractivity contribution in [1.82, 2.24) is 0 Å². The normalized spacial score (nSPS) is 21.3. The lowest BCUT2D eigenvalue weighted by molar-refractivity contribution is -0.370. The molecule has 1 atom stereocenters. The summed E-state index contributed by atoms with van der Waals surface area (Å²) in [6.07, 6.45) is -15.6. The van der Waals surface area contributed by atoms with Gasteiger partial charge in [0.2, 0.25) is 0 Å². The van der Waals surface area contributed by atoms with Crippen molar-refractivity contribution in [3.8, 4) is 0 Å². The third-order valence-corrected chi connectivity index (χ3v) is 4.33. The Balaban J connectivity index is 3.80. The molecule has 1 unspecified atom stereocenters. The van der Waals surface area contributed by atoms with E-state index in [1.807, 2.05) is 0 Å². The van der Waals surface area contributed by atoms with E-state index in [2.05, 4.69) is 0 Å². The Kier molecular flexibility index (Phi) is 6.45. The van der Waals surface area contributed by atoms with E-state index in [1.165, 1.54) is 0 Å². The molecule has 0 fully saturated rings. The van der Waals surface area contributed by atoms with Gasteiger partial charge in [-0.2, -0.15) is 61.5 Å². The number of rotatable bonds is 4. The molecule has 1 rings (SSSR count). The molecule has 0 nitrogen and oxygen atoms in total. The number of halogens is 14. The molecule has 170 valence electrons. The Morgan fingerprint density at radius 3 is 1.55 bits per heavy atom. The van der Waals surface area contributed by atoms with Gasteiger partial charge in [0.15, 0.2) is 0 Å². The number of alkyl halides is 14. The van der Waals surface area contributed by atoms with E-state index >= 15 is 0 Å². The lowest BCUT2D eigenvalue weighted by Gasteiger charge is -2.40. The highest BCUT2D eigenvalue weighted by Gasteiger charge is 2.80. The zero-order valence-corrected chi connectivity index (χ0v) is 14.1. The van der Waals surface area contributed by atoms with E-state index < -0.39 is 65.9 Å². The van der Waals surface area contributed by atoms with Crippen LogP contribution in [0.15, 0.2) is 23.3 Å². The predicted octanol–water partition coefficient (Wildman–Crippen LogP) is 7.33. The minimum atomic E-state index is -7.01. The summed E-state index contributed by atoms with van der Waals surface area (Å²) < 4.78 is 185. The fraction of sp³-hybridized carbons (Fsp3) is 0.733. The number of hydrogen-bond acceptors (Lipinski definition) is 0. The van der Waals surface area contributed by atoms with Gasteiger partial charge in [-0.05, 0) is 26.2 Å². The SMILES string of the molecule is CC1=C(C(F)(F)C(F)(F)C(F)(F)F)C(C(F)(F)C(F)(F)C(F)(F)F)CC=CCC1. The van der Waals surface area contributed by atoms with Gasteiger partial charge in [0.1, 0.15) is 0 Å². The Labute approximate surface area is 154 Å². The summed E-state index contributed by atoms with van der Waals surface area (Å²) in [6.45, 7) is 0.393. The number of hydrogen-bond donors (Lipinski definition) is 0. The Bertz CT molecular complexity index is 661. The van der Waals surface area contributed by atoms with E-state index in [9.17, 15) is 61.5 Å². The molecule has 29 heavy (non-hydrogen) atoms. The van der Waals surface area contributed by atoms with E-state index in [4.69, 9.17) is 0 Å². The summed E-state index contributed by atoms with van der Waals surface area (Å²) in [5, 5.41) is 0. The standard InChI is InChI=1S/C15H12F14/c1-7-5-3-2-4-6-8(10(16,17)12(20,21)14(24,25)26)9(7)11(18,19)13(22,23)15(27,28)29/h2,4,8H,3,5-6H2,1H3. The molecule has 0 aromatic rings. The summed E-state index contributed by atoms with van der Waals surface area (Å²) >= 11 is 0. The van der Waals surface area contributed by atoms with Crippen molar-refractivity contribution in [2.24, 2.45) is 5.92 Å². The molecule has 1 aliphatic rings. The van der Waals surface area contributed by atoms with Crippen molar-refractivity contribution in [2.75, 3.05) is 0 Å². The first-order valence-corrected chi connectivity index (χ1v) is 7.63. The Morgan fingerprint density at radius 1 is 0.690 bits per heavy atom. The van der Waals surface area contributed by atoms with Crippen molar-refractivity contribution in [2.45, 2.75) is 62.2 Å². The first-order valence-electron chi connectivity index (χ1n) is 7.63. The molecule has 0 spiro atoms. The highest BCUT2D eigenvalue weighted by atomic mass is 19.4. The minimum absolute atomic E-state index is 0.336. The Hall–Kier alpha value is -1.50. The van der Waals surface area contributed by atoms with Crippen LogP contribution in [0.1, 0.15) is 26.2 Å². The van der Waals surface area contributed by atoms with Crippen LogP contribution >= 0.6 is 0 Å². The minimum Gasteiger partial charge on any atom is -0.199 e. The van der Waals surface area contributed by atoms with Crippen LogP contribution in [-0.4, -0.2) is 36.0 Å². The first kappa shape index (κ1) is 25.5. The molecule has 14 heteroatoms. The van der Waals surface area contributed by atoms with Crippen molar-refractivity contribution < 1.29 is 61.5 Å². The molecule has 0 N–H and O–H groups in total. The van der Waals surface area contributed by atoms with E-state index in [-0.39, 0.29) is 6.42 Å². The molecule has 0 radical (unpaired) electrons. The fourth-order valence-corrected chi connectivity index (χ4v) is 2.77. The maximum Gasteiger partial charge on any atom is 0.460 e. The largest absolute Gasteiger partial charge is 0.460 e. The molecular weight excluding hydrogens is 446 g/mol. The average molecular weight is 458 g/mol. The molecule has 0 bridgehead atoms. The summed E-state index contributed by atoms with van der Waals surface area (Å²) in [5.41, 5.74) is -4.07. The fourth-order valence-electron chi connectivity index (χ4n) is 2.77. The zero-order valence-electron chi connectivity index (χ0n) is 14.1. The van der Waals surface area contributed by atoms with Gasteiger partial charge in [0.05, 0.1) is 5.92 Å². The summed E-state index contributed by atoms with van der Waals surface area (Å²) in [7, 11) is 0. The highest BCUT2D eigenvalue weighted by molar-refractivity contribution is 5.32. The second-order valence-corrected chi connectivity index (χ2v) is 6.33. The average Bonchev–Trinajstić information content (AvgIpc) is 2.47. The molecule has 0 amide bonds. The third kappa shape index (κ3) is 4.07. The van der Waals surface area contributed by atoms with Gasteiger partial charge in [0.25, 0.3) is 0 Å². The summed E-state index contributed by atoms with van der Waals surface area (Å²) in [6, 6.07) is 0. The number of allylic oxidation sites excluding steroid dienone is 4. The van der Waals surface area contributed by atoms with Crippen LogP contribution in [0.2, 0.25) is 0 Å². The molecule has 0 aliphatic heterocycles. The maximum absolute atomic E-state index is 14.2. The van der Waals surface area contributed by atoms with Gasteiger partial charge in [-0.15, -0.1) is 0 Å². The van der Waals surface area contributed by atoms with Crippen LogP contribution in [0.5, 0.6) is 0 Å². The molecule has 0 saturated heterocycles. The van der Waals surface area contributed by atoms with Crippen molar-refractivity contribution in [3.05, 3.63) is 23.3 Å². The third-order valence-electron chi connectivity index (χ3n) is 4.33. The lowest BCUT2D eigenvalue weighted by Crippen LogP contribution is -2.60. The van der Waals surface area contributed by atoms with Gasteiger partial charge >= 0.3 is 36.0 Å². The second-order valence-electron chi connectivity index (χ2n) is 6.33. The Morgan fingerprint density at radius 2 is 1.14 bits per heavy atom. The molecule has 0 aromatic carbocycles. The molecule has 0 heterocycles. The van der Waals surface area contributed by atoms with Crippen molar-refractivity contribution in [3.63, 3.8) is 0 Å². The van der Waals surface area contributed by atoms with E-state index in [0.717, 1.165) is 6.08 Å². The maximum atomic E-state index is 14.2. The van der Waals surface area contributed by atoms with Crippen LogP contribution in [0.25, 0.3) is 0 Å². The van der Waals surface area contributed by atoms with Gasteiger partial charge in [-0.3, -0.25) is 0 Å². The first-order chi connectivity index (χ1) is 12.6. The van der Waals surface area contributed by atoms with Gasteiger partial charge in [-0.1, -0.05) is 17.7 Å². The predicted molar refractivity (Wildman–Crippen MR) is 71.1 cm³/mol. The lowest BCUT2D eigenvalue weighted by atomic mass is 9.76.